The van der Waals surface area contributed by atoms with E-state index in [2.05, 4.69) is 34.1 Å². The number of aromatic nitrogens is 2. The van der Waals surface area contributed by atoms with Gasteiger partial charge >= 0.3 is 0 Å². The molecule has 0 N–H and O–H groups in total. The lowest BCUT2D eigenvalue weighted by Gasteiger charge is -2.34. The van der Waals surface area contributed by atoms with Crippen molar-refractivity contribution in [3.8, 4) is 5.69 Å². The summed E-state index contributed by atoms with van der Waals surface area (Å²) in [6.07, 6.45) is 2.56. The van der Waals surface area contributed by atoms with Crippen LogP contribution >= 0.6 is 0 Å². The quantitative estimate of drug-likeness (QED) is 0.479. The fourth-order valence-electron chi connectivity index (χ4n) is 4.31. The van der Waals surface area contributed by atoms with Crippen LogP contribution in [0.3, 0.4) is 0 Å². The number of para-hydroxylation sites is 1. The maximum atomic E-state index is 13.0. The maximum absolute atomic E-state index is 13.0. The van der Waals surface area contributed by atoms with Gasteiger partial charge in [0.05, 0.1) is 16.6 Å². The van der Waals surface area contributed by atoms with Crippen LogP contribution in [0.1, 0.15) is 15.9 Å². The second kappa shape index (κ2) is 9.38. The van der Waals surface area contributed by atoms with Crippen molar-refractivity contribution in [2.24, 2.45) is 0 Å². The monoisotopic (exact) mass is 438 g/mol. The van der Waals surface area contributed by atoms with Gasteiger partial charge in [-0.15, -0.1) is 0 Å². The SMILES string of the molecule is O=C(c1ccc(-n2cnc3ccccc3c2=O)cc1)N1CCN(CCc2ccccc2)CC1. The van der Waals surface area contributed by atoms with Crippen molar-refractivity contribution >= 4 is 16.8 Å². The predicted octanol–water partition coefficient (Wildman–Crippen LogP) is 3.39. The Balaban J connectivity index is 1.22. The van der Waals surface area contributed by atoms with Gasteiger partial charge in [-0.1, -0.05) is 42.5 Å². The molecule has 5 rings (SSSR count). The Labute approximate surface area is 192 Å². The van der Waals surface area contributed by atoms with E-state index in [4.69, 9.17) is 0 Å². The highest BCUT2D eigenvalue weighted by Crippen LogP contribution is 2.14. The van der Waals surface area contributed by atoms with E-state index >= 15 is 0 Å². The third-order valence-electron chi connectivity index (χ3n) is 6.28. The number of amides is 1. The number of benzene rings is 3. The lowest BCUT2D eigenvalue weighted by molar-refractivity contribution is 0.0638. The van der Waals surface area contributed by atoms with E-state index in [9.17, 15) is 9.59 Å². The summed E-state index contributed by atoms with van der Waals surface area (Å²) in [5.41, 5.74) is 3.23. The summed E-state index contributed by atoms with van der Waals surface area (Å²) in [5.74, 6) is 0.0354. The molecule has 0 bridgehead atoms. The van der Waals surface area contributed by atoms with Crippen molar-refractivity contribution in [2.75, 3.05) is 32.7 Å². The molecule has 4 aromatic rings. The summed E-state index contributed by atoms with van der Waals surface area (Å²) >= 11 is 0. The van der Waals surface area contributed by atoms with Gasteiger partial charge in [0.25, 0.3) is 11.5 Å². The molecule has 0 radical (unpaired) electrons. The summed E-state index contributed by atoms with van der Waals surface area (Å²) in [7, 11) is 0. The first-order chi connectivity index (χ1) is 16.2. The average molecular weight is 439 g/mol. The molecule has 166 valence electrons. The number of carbonyl (C=O) groups excluding carboxylic acids is 1. The third kappa shape index (κ3) is 4.56. The molecule has 33 heavy (non-hydrogen) atoms. The first-order valence-electron chi connectivity index (χ1n) is 11.3. The lowest BCUT2D eigenvalue weighted by atomic mass is 10.1. The van der Waals surface area contributed by atoms with E-state index in [-0.39, 0.29) is 11.5 Å². The number of nitrogens with zero attached hydrogens (tertiary/aromatic N) is 4. The van der Waals surface area contributed by atoms with Crippen LogP contribution in [0.5, 0.6) is 0 Å². The number of piperazine rings is 1. The average Bonchev–Trinajstić information content (AvgIpc) is 2.88. The molecule has 1 saturated heterocycles. The molecule has 1 amide bonds. The number of hydrogen-bond donors (Lipinski definition) is 0. The molecule has 6 nitrogen and oxygen atoms in total. The highest BCUT2D eigenvalue weighted by Gasteiger charge is 2.22. The molecule has 1 aliphatic heterocycles. The van der Waals surface area contributed by atoms with Crippen LogP contribution in [0.4, 0.5) is 0 Å². The first kappa shape index (κ1) is 21.1. The van der Waals surface area contributed by atoms with Gasteiger partial charge in [0.1, 0.15) is 6.33 Å². The number of hydrogen-bond acceptors (Lipinski definition) is 4. The van der Waals surface area contributed by atoms with Crippen molar-refractivity contribution in [1.82, 2.24) is 19.4 Å². The summed E-state index contributed by atoms with van der Waals surface area (Å²) in [6.45, 7) is 4.23. The summed E-state index contributed by atoms with van der Waals surface area (Å²) in [6, 6.07) is 25.0. The zero-order valence-electron chi connectivity index (χ0n) is 18.4. The number of rotatable bonds is 5. The van der Waals surface area contributed by atoms with E-state index in [0.29, 0.717) is 22.2 Å². The molecule has 2 heterocycles. The fraction of sp³-hybridized carbons (Fsp3) is 0.222. The zero-order chi connectivity index (χ0) is 22.6. The minimum absolute atomic E-state index is 0.0354. The minimum atomic E-state index is -0.119. The molecule has 0 aliphatic carbocycles. The molecular weight excluding hydrogens is 412 g/mol. The van der Waals surface area contributed by atoms with Crippen LogP contribution in [0.2, 0.25) is 0 Å². The van der Waals surface area contributed by atoms with Crippen molar-refractivity contribution in [2.45, 2.75) is 6.42 Å². The van der Waals surface area contributed by atoms with Crippen molar-refractivity contribution in [1.29, 1.82) is 0 Å². The standard InChI is InChI=1S/C27H26N4O2/c32-26(30-18-16-29(17-19-30)15-14-21-6-2-1-3-7-21)22-10-12-23(13-11-22)31-20-28-25-9-5-4-8-24(25)27(31)33/h1-13,20H,14-19H2. The van der Waals surface area contributed by atoms with E-state index < -0.39 is 0 Å². The topological polar surface area (TPSA) is 58.4 Å². The van der Waals surface area contributed by atoms with E-state index in [1.165, 1.54) is 16.5 Å². The highest BCUT2D eigenvalue weighted by atomic mass is 16.2. The Hall–Kier alpha value is -3.77. The zero-order valence-corrected chi connectivity index (χ0v) is 18.4. The molecule has 1 aromatic heterocycles. The van der Waals surface area contributed by atoms with Crippen LogP contribution in [-0.2, 0) is 6.42 Å². The van der Waals surface area contributed by atoms with Gasteiger partial charge in [-0.3, -0.25) is 19.1 Å². The van der Waals surface area contributed by atoms with E-state index in [1.807, 2.05) is 29.2 Å². The van der Waals surface area contributed by atoms with Gasteiger partial charge in [-0.05, 0) is 48.4 Å². The molecule has 0 spiro atoms. The summed E-state index contributed by atoms with van der Waals surface area (Å²) in [4.78, 5) is 34.5. The molecule has 6 heteroatoms. The molecule has 3 aromatic carbocycles. The van der Waals surface area contributed by atoms with Crippen LogP contribution < -0.4 is 5.56 Å². The van der Waals surface area contributed by atoms with Crippen LogP contribution in [0.15, 0.2) is 90.0 Å². The van der Waals surface area contributed by atoms with Crippen molar-refractivity contribution < 1.29 is 4.79 Å². The van der Waals surface area contributed by atoms with Gasteiger partial charge in [0, 0.05) is 38.3 Å². The third-order valence-corrected chi connectivity index (χ3v) is 6.28. The van der Waals surface area contributed by atoms with Crippen LogP contribution in [0.25, 0.3) is 16.6 Å². The van der Waals surface area contributed by atoms with Crippen molar-refractivity contribution in [3.63, 3.8) is 0 Å². The van der Waals surface area contributed by atoms with Gasteiger partial charge < -0.3 is 4.90 Å². The predicted molar refractivity (Wildman–Crippen MR) is 130 cm³/mol. The summed E-state index contributed by atoms with van der Waals surface area (Å²) < 4.78 is 1.52. The molecule has 0 saturated carbocycles. The lowest BCUT2D eigenvalue weighted by Crippen LogP contribution is -2.49. The largest absolute Gasteiger partial charge is 0.336 e. The van der Waals surface area contributed by atoms with Crippen LogP contribution in [0, 0.1) is 0 Å². The molecule has 1 aliphatic rings. The first-order valence-corrected chi connectivity index (χ1v) is 11.3. The molecule has 0 unspecified atom stereocenters. The molecule has 1 fully saturated rings. The van der Waals surface area contributed by atoms with Crippen LogP contribution in [-0.4, -0.2) is 58.0 Å². The second-order valence-electron chi connectivity index (χ2n) is 8.35. The van der Waals surface area contributed by atoms with Gasteiger partial charge in [-0.25, -0.2) is 4.98 Å². The summed E-state index contributed by atoms with van der Waals surface area (Å²) in [5, 5.41) is 0.574. The van der Waals surface area contributed by atoms with Gasteiger partial charge in [0.15, 0.2) is 0 Å². The minimum Gasteiger partial charge on any atom is -0.336 e. The number of fused-ring (bicyclic) bond motifs is 1. The maximum Gasteiger partial charge on any atom is 0.265 e. The Morgan fingerprint density at radius 1 is 0.818 bits per heavy atom. The highest BCUT2D eigenvalue weighted by molar-refractivity contribution is 5.94. The number of carbonyl (C=O) groups is 1. The van der Waals surface area contributed by atoms with Gasteiger partial charge in [-0.2, -0.15) is 0 Å². The molecule has 0 atom stereocenters. The smallest absolute Gasteiger partial charge is 0.265 e. The Morgan fingerprint density at radius 3 is 2.27 bits per heavy atom. The molecular formula is C27H26N4O2. The Morgan fingerprint density at radius 2 is 1.52 bits per heavy atom. The van der Waals surface area contributed by atoms with E-state index in [1.54, 1.807) is 30.3 Å². The van der Waals surface area contributed by atoms with Gasteiger partial charge in [0.2, 0.25) is 0 Å². The second-order valence-corrected chi connectivity index (χ2v) is 8.35. The fourth-order valence-corrected chi connectivity index (χ4v) is 4.31. The normalized spacial score (nSPS) is 14.5. The Bertz CT molecular complexity index is 1310. The van der Waals surface area contributed by atoms with Crippen molar-refractivity contribution in [3.05, 3.63) is 107 Å². The van der Waals surface area contributed by atoms with E-state index in [0.717, 1.165) is 39.1 Å². The Kier molecular flexibility index (Phi) is 6.00.